The van der Waals surface area contributed by atoms with Crippen molar-refractivity contribution in [2.24, 2.45) is 69.6 Å². The lowest BCUT2D eigenvalue weighted by molar-refractivity contribution is -0.144. The maximum Gasteiger partial charge on any atom is 0.285 e. The Morgan fingerprint density at radius 2 is 0.950 bits per heavy atom. The molecular formula is C48H78N4O8. The van der Waals surface area contributed by atoms with Crippen molar-refractivity contribution >= 4 is 41.0 Å². The first-order chi connectivity index (χ1) is 28.3. The van der Waals surface area contributed by atoms with Gasteiger partial charge in [0.05, 0.1) is 12.1 Å². The van der Waals surface area contributed by atoms with E-state index in [2.05, 4.69) is 27.7 Å². The SMILES string of the molecule is C[C@H]1CCCCCCCCC[C@@H](C(=O)C(N)=O)CC(=O)[C@@H]2[C@@H]3[C@H](CN2C1=O)C3(C)C.C[C@H]1CCCCCCCCC[C@@H](C(O)C(N)=O)CC(=O)[C@@H]2[C@@H]3[C@H](CN2C1=O)C3(C)C. The number of aliphatic hydroxyl groups is 1. The van der Waals surface area contributed by atoms with Crippen LogP contribution >= 0.6 is 0 Å². The molecule has 11 atom stereocenters. The highest BCUT2D eigenvalue weighted by Crippen LogP contribution is 2.66. The normalized spacial score (nSPS) is 36.0. The van der Waals surface area contributed by atoms with Crippen molar-refractivity contribution in [3.05, 3.63) is 0 Å². The Balaban J connectivity index is 0.000000228. The standard InChI is InChI=1S/C24H40N2O4.C24H38N2O4/c2*1-15-11-9-7-5-4-6-8-10-12-16(21(28)22(25)29)13-18(27)20-19-17(24(19,2)3)14-26(20)23(15)30/h15-17,19-21,28H,4-14H2,1-3H3,(H2,25,29);15-17,19-20H,4-14H2,1-3H3,(H2,25,29)/t15-,16+,17-,19-,20+,21?;15-,16+,17-,19-,20+/m00/s1. The number of fused-ring (bicyclic) bond motifs is 6. The summed E-state index contributed by atoms with van der Waals surface area (Å²) in [6, 6.07) is -0.883. The van der Waals surface area contributed by atoms with Crippen molar-refractivity contribution in [1.29, 1.82) is 0 Å². The fourth-order valence-corrected chi connectivity index (χ4v) is 11.9. The fraction of sp³-hybridized carbons (Fsp3) is 0.854. The second-order valence-electron chi connectivity index (χ2n) is 21.1. The van der Waals surface area contributed by atoms with Crippen LogP contribution in [0.5, 0.6) is 0 Å². The van der Waals surface area contributed by atoms with E-state index < -0.39 is 47.6 Å². The average molecular weight is 839 g/mol. The highest BCUT2D eigenvalue weighted by Gasteiger charge is 2.70. The molecule has 5 N–H and O–H groups in total. The Morgan fingerprint density at radius 3 is 1.35 bits per heavy atom. The number of amides is 4. The van der Waals surface area contributed by atoms with Crippen molar-refractivity contribution < 1.29 is 38.7 Å². The predicted octanol–water partition coefficient (Wildman–Crippen LogP) is 6.31. The number of hydrogen-bond donors (Lipinski definition) is 3. The summed E-state index contributed by atoms with van der Waals surface area (Å²) in [5.41, 5.74) is 10.8. The summed E-state index contributed by atoms with van der Waals surface area (Å²) in [4.78, 5) is 92.5. The van der Waals surface area contributed by atoms with Crippen molar-refractivity contribution in [2.45, 2.75) is 188 Å². The van der Waals surface area contributed by atoms with E-state index in [9.17, 15) is 38.7 Å². The van der Waals surface area contributed by atoms with Crippen LogP contribution in [0.25, 0.3) is 0 Å². The Hall–Kier alpha value is -3.15. The third kappa shape index (κ3) is 10.9. The topological polar surface area (TPSA) is 198 Å². The molecule has 6 fully saturated rings. The molecule has 0 bridgehead atoms. The minimum Gasteiger partial charge on any atom is -0.383 e. The summed E-state index contributed by atoms with van der Waals surface area (Å²) in [5, 5.41) is 10.4. The molecular weight excluding hydrogens is 761 g/mol. The first-order valence-corrected chi connectivity index (χ1v) is 23.8. The van der Waals surface area contributed by atoms with Crippen LogP contribution in [0.3, 0.4) is 0 Å². The summed E-state index contributed by atoms with van der Waals surface area (Å²) in [6.07, 6.45) is 16.7. The van der Waals surface area contributed by atoms with E-state index in [-0.39, 0.29) is 70.7 Å². The quantitative estimate of drug-likeness (QED) is 0.274. The number of hydrogen-bond acceptors (Lipinski definition) is 8. The molecule has 0 aromatic heterocycles. The van der Waals surface area contributed by atoms with Gasteiger partial charge in [0.25, 0.3) is 5.91 Å². The van der Waals surface area contributed by atoms with E-state index in [0.717, 1.165) is 96.3 Å². The molecule has 2 saturated carbocycles. The molecule has 1 unspecified atom stereocenters. The fourth-order valence-electron chi connectivity index (χ4n) is 11.9. The smallest absolute Gasteiger partial charge is 0.285 e. The molecule has 338 valence electrons. The van der Waals surface area contributed by atoms with Gasteiger partial charge in [0.15, 0.2) is 11.6 Å². The molecule has 0 spiro atoms. The van der Waals surface area contributed by atoms with Gasteiger partial charge in [-0.1, -0.05) is 131 Å². The van der Waals surface area contributed by atoms with Gasteiger partial charge in [-0.3, -0.25) is 33.6 Å². The molecule has 4 heterocycles. The summed E-state index contributed by atoms with van der Waals surface area (Å²) < 4.78 is 0. The molecule has 0 aromatic carbocycles. The number of piperidine rings is 2. The van der Waals surface area contributed by atoms with Crippen LogP contribution in [0.4, 0.5) is 0 Å². The van der Waals surface area contributed by atoms with Crippen molar-refractivity contribution in [2.75, 3.05) is 13.1 Å². The van der Waals surface area contributed by atoms with Crippen LogP contribution in [-0.2, 0) is 33.6 Å². The number of nitrogens with two attached hydrogens (primary N) is 2. The second-order valence-corrected chi connectivity index (χ2v) is 21.1. The zero-order valence-corrected chi connectivity index (χ0v) is 37.8. The number of Topliss-reactive ketones (excluding diaryl/α,β-unsaturated/α-hetero) is 3. The molecule has 60 heavy (non-hydrogen) atoms. The summed E-state index contributed by atoms with van der Waals surface area (Å²) in [7, 11) is 0. The maximum absolute atomic E-state index is 13.4. The zero-order valence-electron chi connectivity index (χ0n) is 37.8. The molecule has 6 aliphatic rings. The minimum atomic E-state index is -1.31. The largest absolute Gasteiger partial charge is 0.383 e. The molecule has 6 rings (SSSR count). The molecule has 12 nitrogen and oxygen atoms in total. The van der Waals surface area contributed by atoms with Crippen LogP contribution in [0.1, 0.15) is 170 Å². The summed E-state index contributed by atoms with van der Waals surface area (Å²) >= 11 is 0. The molecule has 4 amide bonds. The summed E-state index contributed by atoms with van der Waals surface area (Å²) in [6.45, 7) is 13.9. The lowest BCUT2D eigenvalue weighted by Gasteiger charge is -2.33. The van der Waals surface area contributed by atoms with E-state index in [1.54, 1.807) is 4.90 Å². The Morgan fingerprint density at radius 1 is 0.583 bits per heavy atom. The number of ketones is 3. The van der Waals surface area contributed by atoms with E-state index in [4.69, 9.17) is 11.5 Å². The van der Waals surface area contributed by atoms with Crippen LogP contribution in [0.2, 0.25) is 0 Å². The Kier molecular flexibility index (Phi) is 16.2. The van der Waals surface area contributed by atoms with E-state index in [1.165, 1.54) is 6.42 Å². The monoisotopic (exact) mass is 839 g/mol. The first-order valence-electron chi connectivity index (χ1n) is 23.8. The van der Waals surface area contributed by atoms with Gasteiger partial charge in [-0.2, -0.15) is 0 Å². The first kappa shape index (κ1) is 47.9. The predicted molar refractivity (Wildman–Crippen MR) is 230 cm³/mol. The van der Waals surface area contributed by atoms with E-state index in [1.807, 2.05) is 18.7 Å². The molecule has 0 radical (unpaired) electrons. The van der Waals surface area contributed by atoms with Crippen LogP contribution in [0, 0.1) is 58.2 Å². The number of carbonyl (C=O) groups is 7. The third-order valence-electron chi connectivity index (χ3n) is 16.2. The van der Waals surface area contributed by atoms with Gasteiger partial charge in [-0.05, 0) is 60.2 Å². The van der Waals surface area contributed by atoms with Crippen LogP contribution in [0.15, 0.2) is 0 Å². The van der Waals surface area contributed by atoms with Gasteiger partial charge in [0, 0.05) is 49.6 Å². The lowest BCUT2D eigenvalue weighted by atomic mass is 9.85. The van der Waals surface area contributed by atoms with Crippen molar-refractivity contribution in [3.63, 3.8) is 0 Å². The lowest BCUT2D eigenvalue weighted by Crippen LogP contribution is -2.48. The van der Waals surface area contributed by atoms with Crippen molar-refractivity contribution in [1.82, 2.24) is 9.80 Å². The highest BCUT2D eigenvalue weighted by atomic mass is 16.3. The average Bonchev–Trinajstić information content (AvgIpc) is 3.66. The van der Waals surface area contributed by atoms with Crippen LogP contribution < -0.4 is 11.5 Å². The highest BCUT2D eigenvalue weighted by molar-refractivity contribution is 6.36. The summed E-state index contributed by atoms with van der Waals surface area (Å²) in [5.74, 6) is -2.49. The van der Waals surface area contributed by atoms with Gasteiger partial charge in [0.1, 0.15) is 6.10 Å². The van der Waals surface area contributed by atoms with Gasteiger partial charge in [-0.15, -0.1) is 0 Å². The number of primary amides is 2. The maximum atomic E-state index is 13.4. The van der Waals surface area contributed by atoms with Crippen LogP contribution in [-0.4, -0.2) is 87.2 Å². The Bertz CT molecular complexity index is 1590. The number of carbonyl (C=O) groups excluding carboxylic acids is 7. The van der Waals surface area contributed by atoms with Crippen molar-refractivity contribution in [3.8, 4) is 0 Å². The van der Waals surface area contributed by atoms with E-state index in [0.29, 0.717) is 37.8 Å². The molecule has 4 saturated heterocycles. The third-order valence-corrected chi connectivity index (χ3v) is 16.2. The molecule has 2 aliphatic carbocycles. The number of aliphatic hydroxyl groups excluding tert-OH is 1. The van der Waals surface area contributed by atoms with Gasteiger partial charge in [0.2, 0.25) is 23.5 Å². The van der Waals surface area contributed by atoms with Gasteiger partial charge < -0.3 is 26.4 Å². The number of rotatable bonds is 4. The molecule has 12 heteroatoms. The Labute approximate surface area is 359 Å². The van der Waals surface area contributed by atoms with Gasteiger partial charge in [-0.25, -0.2) is 0 Å². The second kappa shape index (κ2) is 20.4. The van der Waals surface area contributed by atoms with E-state index >= 15 is 0 Å². The van der Waals surface area contributed by atoms with Gasteiger partial charge >= 0.3 is 0 Å². The molecule has 4 aliphatic heterocycles. The minimum absolute atomic E-state index is 0.00832. The molecule has 0 aromatic rings. The zero-order chi connectivity index (χ0) is 44.1. The number of nitrogens with zero attached hydrogens (tertiary/aromatic N) is 2.